The fraction of sp³-hybridized carbons (Fsp3) is 0.700. The predicted octanol–water partition coefficient (Wildman–Crippen LogP) is 5.95. The minimum atomic E-state index is -0.863. The van der Waals surface area contributed by atoms with Crippen molar-refractivity contribution < 1.29 is 23.0 Å². The zero-order chi connectivity index (χ0) is 28.7. The second-order valence-electron chi connectivity index (χ2n) is 13.6. The fourth-order valence-corrected chi connectivity index (χ4v) is 8.15. The maximum absolute atomic E-state index is 15.9. The number of amides is 1. The van der Waals surface area contributed by atoms with Crippen molar-refractivity contribution >= 4 is 38.7 Å². The minimum absolute atomic E-state index is 0.0212. The summed E-state index contributed by atoms with van der Waals surface area (Å²) in [5.41, 5.74) is 0.247. The van der Waals surface area contributed by atoms with Crippen LogP contribution in [0.25, 0.3) is 10.9 Å². The van der Waals surface area contributed by atoms with Gasteiger partial charge in [-0.3, -0.25) is 9.80 Å². The average Bonchev–Trinajstić information content (AvgIpc) is 3.53. The maximum atomic E-state index is 15.9. The molecule has 7 rings (SSSR count). The molecule has 4 atom stereocenters. The Kier molecular flexibility index (Phi) is 6.65. The van der Waals surface area contributed by atoms with Gasteiger partial charge in [0, 0.05) is 31.4 Å². The highest BCUT2D eigenvalue weighted by Gasteiger charge is 2.50. The molecule has 11 heteroatoms. The van der Waals surface area contributed by atoms with Crippen LogP contribution in [0, 0.1) is 5.82 Å². The van der Waals surface area contributed by atoms with E-state index >= 15 is 4.39 Å². The molecule has 5 heterocycles. The third kappa shape index (κ3) is 4.94. The summed E-state index contributed by atoms with van der Waals surface area (Å²) in [6.45, 7) is 8.35. The van der Waals surface area contributed by atoms with Crippen molar-refractivity contribution in [1.82, 2.24) is 19.8 Å². The van der Waals surface area contributed by atoms with Crippen molar-refractivity contribution in [3.63, 3.8) is 0 Å². The summed E-state index contributed by atoms with van der Waals surface area (Å²) in [6, 6.07) is 2.10. The van der Waals surface area contributed by atoms with Crippen LogP contribution in [-0.4, -0.2) is 88.0 Å². The van der Waals surface area contributed by atoms with Gasteiger partial charge in [-0.05, 0) is 99.3 Å². The lowest BCUT2D eigenvalue weighted by atomic mass is 9.95. The largest absolute Gasteiger partial charge is 0.461 e. The zero-order valence-corrected chi connectivity index (χ0v) is 25.6. The molecule has 1 aromatic carbocycles. The van der Waals surface area contributed by atoms with Crippen LogP contribution < -0.4 is 9.64 Å². The molecule has 8 nitrogen and oxygen atoms in total. The minimum Gasteiger partial charge on any atom is -0.461 e. The van der Waals surface area contributed by atoms with Gasteiger partial charge >= 0.3 is 12.1 Å². The van der Waals surface area contributed by atoms with Gasteiger partial charge in [0.05, 0.1) is 22.1 Å². The first-order valence-electron chi connectivity index (χ1n) is 15.0. The van der Waals surface area contributed by atoms with Crippen LogP contribution in [-0.2, 0) is 4.74 Å². The SMILES string of the molecule is CC(C)(C)OC(=O)N1[C@@H]2CC[C@H]1CN(c1nc(OC[C@@]34CCCN3C[C@H](F)C4)nc3c(F)c(Br)c(C4CC4)cc13)C2. The summed E-state index contributed by atoms with van der Waals surface area (Å²) in [5.74, 6) is 0.559. The second-order valence-corrected chi connectivity index (χ2v) is 14.4. The summed E-state index contributed by atoms with van der Waals surface area (Å²) in [7, 11) is 0. The third-order valence-electron chi connectivity index (χ3n) is 9.49. The monoisotopic (exact) mass is 633 g/mol. The molecule has 4 saturated heterocycles. The van der Waals surface area contributed by atoms with Gasteiger partial charge in [0.2, 0.25) is 0 Å². The summed E-state index contributed by atoms with van der Waals surface area (Å²) >= 11 is 3.50. The Morgan fingerprint density at radius 1 is 1.15 bits per heavy atom. The van der Waals surface area contributed by atoms with Gasteiger partial charge < -0.3 is 14.4 Å². The van der Waals surface area contributed by atoms with Gasteiger partial charge in [-0.25, -0.2) is 13.6 Å². The van der Waals surface area contributed by atoms with E-state index in [2.05, 4.69) is 30.7 Å². The third-order valence-corrected chi connectivity index (χ3v) is 10.3. The van der Waals surface area contributed by atoms with Crippen molar-refractivity contribution in [3.8, 4) is 6.01 Å². The normalized spacial score (nSPS) is 29.9. The maximum Gasteiger partial charge on any atom is 0.410 e. The van der Waals surface area contributed by atoms with E-state index in [9.17, 15) is 9.18 Å². The Morgan fingerprint density at radius 3 is 2.56 bits per heavy atom. The summed E-state index contributed by atoms with van der Waals surface area (Å²) in [4.78, 5) is 28.8. The topological polar surface area (TPSA) is 71.0 Å². The highest BCUT2D eigenvalue weighted by molar-refractivity contribution is 9.10. The number of ether oxygens (including phenoxy) is 2. The number of aromatic nitrogens is 2. The lowest BCUT2D eigenvalue weighted by Crippen LogP contribution is -2.57. The first kappa shape index (κ1) is 27.6. The molecule has 4 aliphatic heterocycles. The van der Waals surface area contributed by atoms with Gasteiger partial charge in [-0.15, -0.1) is 0 Å². The number of carbonyl (C=O) groups is 1. The predicted molar refractivity (Wildman–Crippen MR) is 155 cm³/mol. The van der Waals surface area contributed by atoms with Crippen molar-refractivity contribution in [2.75, 3.05) is 37.7 Å². The van der Waals surface area contributed by atoms with Crippen molar-refractivity contribution in [2.24, 2.45) is 0 Å². The summed E-state index contributed by atoms with van der Waals surface area (Å²) < 4.78 is 42.7. The first-order valence-corrected chi connectivity index (χ1v) is 15.8. The highest BCUT2D eigenvalue weighted by Crippen LogP contribution is 2.47. The van der Waals surface area contributed by atoms with E-state index in [-0.39, 0.29) is 41.8 Å². The molecule has 0 N–H and O–H groups in total. The average molecular weight is 635 g/mol. The number of benzene rings is 1. The quantitative estimate of drug-likeness (QED) is 0.403. The van der Waals surface area contributed by atoms with E-state index in [1.54, 1.807) is 0 Å². The van der Waals surface area contributed by atoms with Crippen molar-refractivity contribution in [2.45, 2.75) is 101 Å². The molecular formula is C30H38BrF2N5O3. The number of nitrogens with zero attached hydrogens (tertiary/aromatic N) is 5. The zero-order valence-electron chi connectivity index (χ0n) is 24.0. The highest BCUT2D eigenvalue weighted by atomic mass is 79.9. The molecule has 222 valence electrons. The number of rotatable bonds is 5. The van der Waals surface area contributed by atoms with Gasteiger partial charge in [0.15, 0.2) is 5.82 Å². The Balaban J connectivity index is 1.23. The molecule has 1 saturated carbocycles. The molecule has 0 unspecified atom stereocenters. The second kappa shape index (κ2) is 9.89. The summed E-state index contributed by atoms with van der Waals surface area (Å²) in [6.07, 6.45) is 5.00. The lowest BCUT2D eigenvalue weighted by molar-refractivity contribution is 0.0122. The Hall–Kier alpha value is -2.27. The lowest BCUT2D eigenvalue weighted by Gasteiger charge is -2.42. The number of hydrogen-bond donors (Lipinski definition) is 0. The van der Waals surface area contributed by atoms with Crippen LogP contribution in [0.5, 0.6) is 6.01 Å². The molecular weight excluding hydrogens is 596 g/mol. The van der Waals surface area contributed by atoms with E-state index in [4.69, 9.17) is 14.5 Å². The van der Waals surface area contributed by atoms with Crippen LogP contribution >= 0.6 is 15.9 Å². The molecule has 0 spiro atoms. The fourth-order valence-electron chi connectivity index (χ4n) is 7.52. The molecule has 41 heavy (non-hydrogen) atoms. The Bertz CT molecular complexity index is 1370. The van der Waals surface area contributed by atoms with Gasteiger partial charge in [-0.2, -0.15) is 9.97 Å². The number of piperazine rings is 1. The van der Waals surface area contributed by atoms with Crippen LogP contribution in [0.3, 0.4) is 0 Å². The Morgan fingerprint density at radius 2 is 1.88 bits per heavy atom. The van der Waals surface area contributed by atoms with Crippen LogP contribution in [0.1, 0.15) is 77.2 Å². The molecule has 0 radical (unpaired) electrons. The number of halogens is 3. The molecule has 2 aromatic rings. The number of carbonyl (C=O) groups excluding carboxylic acids is 1. The molecule has 2 bridgehead atoms. The van der Waals surface area contributed by atoms with Gasteiger partial charge in [0.1, 0.15) is 29.7 Å². The first-order chi connectivity index (χ1) is 19.5. The summed E-state index contributed by atoms with van der Waals surface area (Å²) in [5, 5.41) is 0.662. The number of hydrogen-bond acceptors (Lipinski definition) is 7. The van der Waals surface area contributed by atoms with E-state index in [0.29, 0.717) is 47.6 Å². The molecule has 5 fully saturated rings. The van der Waals surface area contributed by atoms with E-state index in [1.165, 1.54) is 0 Å². The van der Waals surface area contributed by atoms with Gasteiger partial charge in [0.25, 0.3) is 0 Å². The van der Waals surface area contributed by atoms with Crippen molar-refractivity contribution in [3.05, 3.63) is 21.9 Å². The number of alkyl halides is 1. The Labute approximate surface area is 247 Å². The molecule has 1 amide bonds. The number of anilines is 1. The van der Waals surface area contributed by atoms with E-state index in [0.717, 1.165) is 50.6 Å². The van der Waals surface area contributed by atoms with E-state index < -0.39 is 17.6 Å². The van der Waals surface area contributed by atoms with Crippen molar-refractivity contribution in [1.29, 1.82) is 0 Å². The number of fused-ring (bicyclic) bond motifs is 4. The van der Waals surface area contributed by atoms with Crippen LogP contribution in [0.2, 0.25) is 0 Å². The van der Waals surface area contributed by atoms with Gasteiger partial charge in [-0.1, -0.05) is 0 Å². The van der Waals surface area contributed by atoms with E-state index in [1.807, 2.05) is 31.7 Å². The standard InChI is InChI=1S/C30H38BrF2N5O3/c1-29(2,3)41-28(39)38-19-7-8-20(38)15-36(14-19)26-22-11-21(17-5-6-17)23(31)24(33)25(22)34-27(35-26)40-16-30-9-4-10-37(30)13-18(32)12-30/h11,17-20H,4-10,12-16H2,1-3H3/t18-,19-,20+,30+/m1/s1. The van der Waals surface area contributed by atoms with Crippen LogP contribution in [0.4, 0.5) is 19.4 Å². The smallest absolute Gasteiger partial charge is 0.410 e. The van der Waals surface area contributed by atoms with Crippen LogP contribution in [0.15, 0.2) is 10.5 Å². The molecule has 5 aliphatic rings. The molecule has 1 aliphatic carbocycles. The molecule has 1 aromatic heterocycles.